The highest BCUT2D eigenvalue weighted by molar-refractivity contribution is 4.91. The molecule has 0 unspecified atom stereocenters. The molecule has 0 N–H and O–H groups in total. The van der Waals surface area contributed by atoms with Crippen LogP contribution < -0.4 is 0 Å². The molecule has 0 atom stereocenters. The number of aryl methyl sites for hydroxylation is 1. The predicted molar refractivity (Wildman–Crippen MR) is 55.5 cm³/mol. The van der Waals surface area contributed by atoms with Crippen molar-refractivity contribution >= 4 is 0 Å². The lowest BCUT2D eigenvalue weighted by molar-refractivity contribution is 0.417. The van der Waals surface area contributed by atoms with Gasteiger partial charge in [-0.15, -0.1) is 0 Å². The first-order valence-corrected chi connectivity index (χ1v) is 5.01. The van der Waals surface area contributed by atoms with Crippen LogP contribution in [-0.2, 0) is 6.54 Å². The number of aromatic nitrogens is 2. The van der Waals surface area contributed by atoms with Crippen molar-refractivity contribution in [3.05, 3.63) is 18.7 Å². The Labute approximate surface area is 85.4 Å². The van der Waals surface area contributed by atoms with Crippen molar-refractivity contribution in [3.63, 3.8) is 0 Å². The standard InChI is InChI=1S/C11H17N3/c1-11(2,9-12)5-3-4-7-14-8-6-13-10-14/h6,8,10H,3-5,7H2,1-2H3. The number of nitrogens with zero attached hydrogens (tertiary/aromatic N) is 3. The van der Waals surface area contributed by atoms with Crippen LogP contribution in [0, 0.1) is 16.7 Å². The third-order valence-corrected chi connectivity index (χ3v) is 2.33. The summed E-state index contributed by atoms with van der Waals surface area (Å²) in [5, 5.41) is 8.81. The zero-order valence-electron chi connectivity index (χ0n) is 8.90. The Balaban J connectivity index is 2.15. The van der Waals surface area contributed by atoms with Gasteiger partial charge in [-0.05, 0) is 26.7 Å². The van der Waals surface area contributed by atoms with Crippen LogP contribution in [0.25, 0.3) is 0 Å². The lowest BCUT2D eigenvalue weighted by Gasteiger charge is -2.14. The predicted octanol–water partition coefficient (Wildman–Crippen LogP) is 2.60. The molecule has 0 fully saturated rings. The highest BCUT2D eigenvalue weighted by Crippen LogP contribution is 2.21. The highest BCUT2D eigenvalue weighted by Gasteiger charge is 2.15. The van der Waals surface area contributed by atoms with Crippen molar-refractivity contribution in [2.45, 2.75) is 39.7 Å². The Morgan fingerprint density at radius 2 is 2.21 bits per heavy atom. The zero-order valence-corrected chi connectivity index (χ0v) is 8.90. The maximum atomic E-state index is 8.81. The van der Waals surface area contributed by atoms with Crippen LogP contribution in [0.1, 0.15) is 33.1 Å². The Bertz CT molecular complexity index is 293. The van der Waals surface area contributed by atoms with E-state index in [0.717, 1.165) is 25.8 Å². The van der Waals surface area contributed by atoms with Crippen LogP contribution in [0.15, 0.2) is 18.7 Å². The van der Waals surface area contributed by atoms with Crippen molar-refractivity contribution in [2.24, 2.45) is 5.41 Å². The first-order valence-electron chi connectivity index (χ1n) is 5.01. The van der Waals surface area contributed by atoms with Gasteiger partial charge in [-0.2, -0.15) is 5.26 Å². The summed E-state index contributed by atoms with van der Waals surface area (Å²) in [6.07, 6.45) is 8.77. The van der Waals surface area contributed by atoms with E-state index in [0.29, 0.717) is 0 Å². The molecule has 0 spiro atoms. The van der Waals surface area contributed by atoms with Crippen LogP contribution in [-0.4, -0.2) is 9.55 Å². The number of hydrogen-bond donors (Lipinski definition) is 0. The molecule has 0 aromatic carbocycles. The third kappa shape index (κ3) is 3.61. The van der Waals surface area contributed by atoms with Gasteiger partial charge in [-0.3, -0.25) is 0 Å². The van der Waals surface area contributed by atoms with E-state index in [1.54, 1.807) is 6.20 Å². The molecule has 0 saturated heterocycles. The minimum Gasteiger partial charge on any atom is -0.337 e. The molecule has 1 aromatic rings. The number of nitriles is 1. The minimum atomic E-state index is -0.172. The van der Waals surface area contributed by atoms with E-state index in [1.807, 2.05) is 26.4 Å². The summed E-state index contributed by atoms with van der Waals surface area (Å²) < 4.78 is 2.07. The van der Waals surface area contributed by atoms with E-state index < -0.39 is 0 Å². The van der Waals surface area contributed by atoms with Gasteiger partial charge in [0, 0.05) is 18.9 Å². The summed E-state index contributed by atoms with van der Waals surface area (Å²) in [5.74, 6) is 0. The molecular weight excluding hydrogens is 174 g/mol. The van der Waals surface area contributed by atoms with Gasteiger partial charge >= 0.3 is 0 Å². The maximum absolute atomic E-state index is 8.81. The minimum absolute atomic E-state index is 0.172. The average Bonchev–Trinajstić information content (AvgIpc) is 2.65. The van der Waals surface area contributed by atoms with E-state index in [1.165, 1.54) is 0 Å². The molecule has 0 amide bonds. The molecule has 0 aliphatic carbocycles. The van der Waals surface area contributed by atoms with Gasteiger partial charge < -0.3 is 4.57 Å². The summed E-state index contributed by atoms with van der Waals surface area (Å²) in [4.78, 5) is 3.98. The largest absolute Gasteiger partial charge is 0.337 e. The molecule has 1 rings (SSSR count). The Morgan fingerprint density at radius 3 is 2.79 bits per heavy atom. The van der Waals surface area contributed by atoms with Gasteiger partial charge in [0.1, 0.15) is 0 Å². The van der Waals surface area contributed by atoms with Crippen molar-refractivity contribution in [3.8, 4) is 6.07 Å². The first-order chi connectivity index (χ1) is 6.64. The van der Waals surface area contributed by atoms with E-state index in [4.69, 9.17) is 5.26 Å². The number of rotatable bonds is 5. The van der Waals surface area contributed by atoms with Crippen LogP contribution in [0.4, 0.5) is 0 Å². The topological polar surface area (TPSA) is 41.6 Å². The van der Waals surface area contributed by atoms with Crippen LogP contribution in [0.2, 0.25) is 0 Å². The van der Waals surface area contributed by atoms with Crippen LogP contribution in [0.3, 0.4) is 0 Å². The molecule has 0 bridgehead atoms. The zero-order chi connectivity index (χ0) is 10.4. The summed E-state index contributed by atoms with van der Waals surface area (Å²) in [6.45, 7) is 4.98. The molecule has 1 heterocycles. The quantitative estimate of drug-likeness (QED) is 0.671. The number of hydrogen-bond acceptors (Lipinski definition) is 2. The summed E-state index contributed by atoms with van der Waals surface area (Å²) in [6, 6.07) is 2.32. The van der Waals surface area contributed by atoms with E-state index >= 15 is 0 Å². The monoisotopic (exact) mass is 191 g/mol. The van der Waals surface area contributed by atoms with E-state index in [9.17, 15) is 0 Å². The Morgan fingerprint density at radius 1 is 1.43 bits per heavy atom. The fourth-order valence-electron chi connectivity index (χ4n) is 1.34. The molecule has 0 saturated carbocycles. The summed E-state index contributed by atoms with van der Waals surface area (Å²) in [7, 11) is 0. The maximum Gasteiger partial charge on any atom is 0.0945 e. The molecule has 14 heavy (non-hydrogen) atoms. The second kappa shape index (κ2) is 4.80. The molecular formula is C11H17N3. The molecule has 1 aromatic heterocycles. The second-order valence-corrected chi connectivity index (χ2v) is 4.25. The Hall–Kier alpha value is -1.30. The fourth-order valence-corrected chi connectivity index (χ4v) is 1.34. The number of imidazole rings is 1. The smallest absolute Gasteiger partial charge is 0.0945 e. The van der Waals surface area contributed by atoms with E-state index in [-0.39, 0.29) is 5.41 Å². The van der Waals surface area contributed by atoms with Crippen LogP contribution in [0.5, 0.6) is 0 Å². The van der Waals surface area contributed by atoms with Crippen molar-refractivity contribution in [1.82, 2.24) is 9.55 Å². The average molecular weight is 191 g/mol. The second-order valence-electron chi connectivity index (χ2n) is 4.25. The first kappa shape index (κ1) is 10.8. The van der Waals surface area contributed by atoms with Gasteiger partial charge in [0.25, 0.3) is 0 Å². The van der Waals surface area contributed by atoms with Gasteiger partial charge in [0.15, 0.2) is 0 Å². The Kier molecular flexibility index (Phi) is 3.70. The lowest BCUT2D eigenvalue weighted by atomic mass is 9.89. The van der Waals surface area contributed by atoms with Crippen molar-refractivity contribution in [2.75, 3.05) is 0 Å². The molecule has 0 radical (unpaired) electrons. The van der Waals surface area contributed by atoms with E-state index in [2.05, 4.69) is 15.6 Å². The third-order valence-electron chi connectivity index (χ3n) is 2.33. The molecule has 0 aliphatic heterocycles. The lowest BCUT2D eigenvalue weighted by Crippen LogP contribution is -2.07. The molecule has 3 heteroatoms. The fraction of sp³-hybridized carbons (Fsp3) is 0.636. The van der Waals surface area contributed by atoms with Crippen molar-refractivity contribution < 1.29 is 0 Å². The van der Waals surface area contributed by atoms with Gasteiger partial charge in [-0.1, -0.05) is 6.42 Å². The molecule has 76 valence electrons. The molecule has 3 nitrogen and oxygen atoms in total. The van der Waals surface area contributed by atoms with Gasteiger partial charge in [0.05, 0.1) is 17.8 Å². The van der Waals surface area contributed by atoms with Gasteiger partial charge in [-0.25, -0.2) is 4.98 Å². The summed E-state index contributed by atoms with van der Waals surface area (Å²) in [5.41, 5.74) is -0.172. The molecule has 0 aliphatic rings. The highest BCUT2D eigenvalue weighted by atomic mass is 15.0. The van der Waals surface area contributed by atoms with Crippen molar-refractivity contribution in [1.29, 1.82) is 5.26 Å². The summed E-state index contributed by atoms with van der Waals surface area (Å²) >= 11 is 0. The van der Waals surface area contributed by atoms with Gasteiger partial charge in [0.2, 0.25) is 0 Å². The van der Waals surface area contributed by atoms with Crippen LogP contribution >= 0.6 is 0 Å². The normalized spacial score (nSPS) is 11.2. The SMILES string of the molecule is CC(C)(C#N)CCCCn1ccnc1. The number of unbranched alkanes of at least 4 members (excludes halogenated alkanes) is 1.